The second-order valence-corrected chi connectivity index (χ2v) is 6.16. The van der Waals surface area contributed by atoms with E-state index >= 15 is 0 Å². The Morgan fingerprint density at radius 1 is 1.27 bits per heavy atom. The van der Waals surface area contributed by atoms with Gasteiger partial charge in [-0.1, -0.05) is 18.5 Å². The van der Waals surface area contributed by atoms with Gasteiger partial charge in [-0.2, -0.15) is 0 Å². The van der Waals surface area contributed by atoms with Crippen LogP contribution in [-0.2, 0) is 9.59 Å². The van der Waals surface area contributed by atoms with Crippen LogP contribution in [0.25, 0.3) is 0 Å². The summed E-state index contributed by atoms with van der Waals surface area (Å²) in [5.74, 6) is -0.113. The predicted octanol–water partition coefficient (Wildman–Crippen LogP) is 3.48. The predicted molar refractivity (Wildman–Crippen MR) is 89.1 cm³/mol. The van der Waals surface area contributed by atoms with Gasteiger partial charge in [0.2, 0.25) is 11.8 Å². The summed E-state index contributed by atoms with van der Waals surface area (Å²) >= 11 is 5.88. The minimum atomic E-state index is -0.138. The fourth-order valence-electron chi connectivity index (χ4n) is 2.98. The minimum absolute atomic E-state index is 0.0247. The summed E-state index contributed by atoms with van der Waals surface area (Å²) in [4.78, 5) is 28.0. The molecule has 0 bridgehead atoms. The van der Waals surface area contributed by atoms with Gasteiger partial charge in [0, 0.05) is 30.2 Å². The molecule has 0 aliphatic carbocycles. The van der Waals surface area contributed by atoms with Gasteiger partial charge in [0.05, 0.1) is 0 Å². The highest BCUT2D eigenvalue weighted by Gasteiger charge is 2.27. The van der Waals surface area contributed by atoms with E-state index in [0.717, 1.165) is 25.8 Å². The molecule has 4 nitrogen and oxygen atoms in total. The van der Waals surface area contributed by atoms with Crippen LogP contribution in [0, 0.1) is 0 Å². The zero-order valence-corrected chi connectivity index (χ0v) is 14.0. The highest BCUT2D eigenvalue weighted by molar-refractivity contribution is 6.30. The van der Waals surface area contributed by atoms with Gasteiger partial charge in [-0.15, -0.1) is 0 Å². The van der Waals surface area contributed by atoms with Crippen molar-refractivity contribution >= 4 is 29.1 Å². The summed E-state index contributed by atoms with van der Waals surface area (Å²) in [6, 6.07) is 7.30. The molecule has 1 atom stereocenters. The number of hydrogen-bond acceptors (Lipinski definition) is 2. The fourth-order valence-corrected chi connectivity index (χ4v) is 3.11. The Kier molecular flexibility index (Phi) is 5.83. The van der Waals surface area contributed by atoms with E-state index in [0.29, 0.717) is 16.8 Å². The van der Waals surface area contributed by atoms with E-state index in [1.54, 1.807) is 24.3 Å². The highest BCUT2D eigenvalue weighted by atomic mass is 35.5. The number of nitrogens with zero attached hydrogens (tertiary/aromatic N) is 2. The fraction of sp³-hybridized carbons (Fsp3) is 0.529. The summed E-state index contributed by atoms with van der Waals surface area (Å²) in [5, 5.41) is 0.612. The molecule has 1 aromatic carbocycles. The Bertz CT molecular complexity index is 530. The average molecular weight is 323 g/mol. The molecule has 0 aromatic heterocycles. The molecule has 0 saturated carbocycles. The molecule has 1 fully saturated rings. The quantitative estimate of drug-likeness (QED) is 0.851. The van der Waals surface area contributed by atoms with Crippen LogP contribution in [-0.4, -0.2) is 35.8 Å². The number of piperidine rings is 1. The van der Waals surface area contributed by atoms with Gasteiger partial charge < -0.3 is 9.80 Å². The maximum atomic E-state index is 12.6. The van der Waals surface area contributed by atoms with Crippen LogP contribution in [0.2, 0.25) is 5.02 Å². The maximum Gasteiger partial charge on any atom is 0.242 e. The van der Waals surface area contributed by atoms with E-state index in [-0.39, 0.29) is 18.4 Å². The molecule has 1 unspecified atom stereocenters. The van der Waals surface area contributed by atoms with Gasteiger partial charge in [-0.3, -0.25) is 9.59 Å². The first kappa shape index (κ1) is 16.8. The highest BCUT2D eigenvalue weighted by Crippen LogP contribution is 2.22. The van der Waals surface area contributed by atoms with E-state index in [2.05, 4.69) is 6.92 Å². The second-order valence-electron chi connectivity index (χ2n) is 5.73. The summed E-state index contributed by atoms with van der Waals surface area (Å²) in [6.45, 7) is 4.48. The first-order valence-corrected chi connectivity index (χ1v) is 8.24. The summed E-state index contributed by atoms with van der Waals surface area (Å²) in [6.07, 6.45) is 4.25. The van der Waals surface area contributed by atoms with Crippen molar-refractivity contribution in [1.29, 1.82) is 0 Å². The number of carbonyl (C=O) groups excluding carboxylic acids is 2. The second kappa shape index (κ2) is 7.63. The van der Waals surface area contributed by atoms with E-state index in [9.17, 15) is 9.59 Å². The average Bonchev–Trinajstić information content (AvgIpc) is 2.53. The Labute approximate surface area is 137 Å². The number of carbonyl (C=O) groups is 2. The van der Waals surface area contributed by atoms with Gasteiger partial charge in [0.1, 0.15) is 6.54 Å². The van der Waals surface area contributed by atoms with E-state index in [4.69, 9.17) is 11.6 Å². The summed E-state index contributed by atoms with van der Waals surface area (Å²) < 4.78 is 0. The van der Waals surface area contributed by atoms with Crippen LogP contribution in [0.5, 0.6) is 0 Å². The van der Waals surface area contributed by atoms with E-state index in [1.165, 1.54) is 18.2 Å². The first-order chi connectivity index (χ1) is 10.5. The standard InChI is InChI=1S/C17H23ClN2O2/c1-3-15-6-4-5-11-19(15)17(22)12-20(13(2)21)16-9-7-14(18)8-10-16/h7-10,15H,3-6,11-12H2,1-2H3. The number of rotatable bonds is 4. The van der Waals surface area contributed by atoms with Crippen molar-refractivity contribution in [1.82, 2.24) is 4.90 Å². The molecule has 22 heavy (non-hydrogen) atoms. The lowest BCUT2D eigenvalue weighted by molar-refractivity contribution is -0.134. The molecular weight excluding hydrogens is 300 g/mol. The Morgan fingerprint density at radius 3 is 2.55 bits per heavy atom. The zero-order chi connectivity index (χ0) is 16.1. The Hall–Kier alpha value is -1.55. The molecule has 1 aromatic rings. The largest absolute Gasteiger partial charge is 0.338 e. The lowest BCUT2D eigenvalue weighted by atomic mass is 10.00. The van der Waals surface area contributed by atoms with Gasteiger partial charge in [-0.05, 0) is 49.9 Å². The SMILES string of the molecule is CCC1CCCCN1C(=O)CN(C(C)=O)c1ccc(Cl)cc1. The van der Waals surface area contributed by atoms with Gasteiger partial charge >= 0.3 is 0 Å². The van der Waals surface area contributed by atoms with Gasteiger partial charge in [0.15, 0.2) is 0 Å². The smallest absolute Gasteiger partial charge is 0.242 e. The molecule has 2 amide bonds. The van der Waals surface area contributed by atoms with Crippen LogP contribution in [0.1, 0.15) is 39.5 Å². The number of benzene rings is 1. The van der Waals surface area contributed by atoms with Crippen LogP contribution in [0.4, 0.5) is 5.69 Å². The molecule has 0 spiro atoms. The molecule has 1 aliphatic heterocycles. The number of amides is 2. The molecule has 1 heterocycles. The lowest BCUT2D eigenvalue weighted by Crippen LogP contribution is -2.48. The summed E-state index contributed by atoms with van der Waals surface area (Å²) in [7, 11) is 0. The molecule has 0 radical (unpaired) electrons. The Morgan fingerprint density at radius 2 is 1.95 bits per heavy atom. The first-order valence-electron chi connectivity index (χ1n) is 7.86. The van der Waals surface area contributed by atoms with Crippen molar-refractivity contribution in [2.45, 2.75) is 45.6 Å². The molecule has 2 rings (SSSR count). The van der Waals surface area contributed by atoms with Gasteiger partial charge in [-0.25, -0.2) is 0 Å². The molecule has 120 valence electrons. The van der Waals surface area contributed by atoms with E-state index in [1.807, 2.05) is 4.90 Å². The van der Waals surface area contributed by atoms with Crippen molar-refractivity contribution in [3.8, 4) is 0 Å². The normalized spacial score (nSPS) is 18.1. The van der Waals surface area contributed by atoms with Crippen LogP contribution < -0.4 is 4.90 Å². The number of halogens is 1. The van der Waals surface area contributed by atoms with Crippen molar-refractivity contribution in [2.75, 3.05) is 18.0 Å². The third-order valence-corrected chi connectivity index (χ3v) is 4.48. The van der Waals surface area contributed by atoms with Crippen molar-refractivity contribution in [3.63, 3.8) is 0 Å². The van der Waals surface area contributed by atoms with Crippen molar-refractivity contribution < 1.29 is 9.59 Å². The molecule has 1 saturated heterocycles. The van der Waals surface area contributed by atoms with Crippen LogP contribution in [0.3, 0.4) is 0 Å². The minimum Gasteiger partial charge on any atom is -0.338 e. The lowest BCUT2D eigenvalue weighted by Gasteiger charge is -2.36. The topological polar surface area (TPSA) is 40.6 Å². The van der Waals surface area contributed by atoms with Crippen molar-refractivity contribution in [2.24, 2.45) is 0 Å². The number of anilines is 1. The van der Waals surface area contributed by atoms with Crippen LogP contribution in [0.15, 0.2) is 24.3 Å². The number of hydrogen-bond donors (Lipinski definition) is 0. The monoisotopic (exact) mass is 322 g/mol. The molecular formula is C17H23ClN2O2. The molecule has 0 N–H and O–H groups in total. The third-order valence-electron chi connectivity index (χ3n) is 4.23. The molecule has 1 aliphatic rings. The molecule has 5 heteroatoms. The third kappa shape index (κ3) is 4.01. The maximum absolute atomic E-state index is 12.6. The Balaban J connectivity index is 2.11. The summed E-state index contributed by atoms with van der Waals surface area (Å²) in [5.41, 5.74) is 0.704. The van der Waals surface area contributed by atoms with Crippen molar-refractivity contribution in [3.05, 3.63) is 29.3 Å². The van der Waals surface area contributed by atoms with E-state index < -0.39 is 0 Å². The van der Waals surface area contributed by atoms with Gasteiger partial charge in [0.25, 0.3) is 0 Å². The van der Waals surface area contributed by atoms with Crippen LogP contribution >= 0.6 is 11.6 Å². The zero-order valence-electron chi connectivity index (χ0n) is 13.2. The number of likely N-dealkylation sites (tertiary alicyclic amines) is 1.